The summed E-state index contributed by atoms with van der Waals surface area (Å²) in [5, 5.41) is 15.8. The number of hydrogen-bond donors (Lipinski definition) is 1. The topological polar surface area (TPSA) is 72.2 Å². The van der Waals surface area contributed by atoms with Gasteiger partial charge in [-0.25, -0.2) is 5.43 Å². The van der Waals surface area contributed by atoms with Crippen LogP contribution in [0.3, 0.4) is 0 Å². The molecule has 0 bridgehead atoms. The van der Waals surface area contributed by atoms with Gasteiger partial charge in [-0.15, -0.1) is 21.5 Å². The van der Waals surface area contributed by atoms with Gasteiger partial charge in [0.2, 0.25) is 0 Å². The van der Waals surface area contributed by atoms with Gasteiger partial charge in [0.1, 0.15) is 0 Å². The Balaban J connectivity index is 1.61. The molecule has 2 heterocycles. The first kappa shape index (κ1) is 19.6. The molecule has 1 aromatic carbocycles. The molecule has 0 aliphatic rings. The maximum Gasteiger partial charge on any atom is 0.250 e. The minimum atomic E-state index is -0.191. The van der Waals surface area contributed by atoms with Crippen LogP contribution in [0.25, 0.3) is 11.4 Å². The minimum Gasteiger partial charge on any atom is -0.302 e. The van der Waals surface area contributed by atoms with Crippen LogP contribution in [-0.4, -0.2) is 32.6 Å². The monoisotopic (exact) mass is 419 g/mol. The average molecular weight is 420 g/mol. The number of thioether (sulfide) groups is 1. The number of aromatic nitrogens is 3. The Bertz CT molecular complexity index is 949. The average Bonchev–Trinajstić information content (AvgIpc) is 3.26. The summed E-state index contributed by atoms with van der Waals surface area (Å²) in [6, 6.07) is 9.46. The van der Waals surface area contributed by atoms with Crippen molar-refractivity contribution in [1.29, 1.82) is 0 Å². The first-order valence-electron chi connectivity index (χ1n) is 8.26. The van der Waals surface area contributed by atoms with Crippen molar-refractivity contribution in [1.82, 2.24) is 20.2 Å². The van der Waals surface area contributed by atoms with Gasteiger partial charge in [-0.05, 0) is 55.1 Å². The molecule has 0 fully saturated rings. The lowest BCUT2D eigenvalue weighted by Gasteiger charge is -2.07. The third-order valence-corrected chi connectivity index (χ3v) is 5.91. The van der Waals surface area contributed by atoms with E-state index < -0.39 is 0 Å². The number of nitrogens with one attached hydrogen (secondary N) is 1. The molecule has 27 heavy (non-hydrogen) atoms. The second-order valence-electron chi connectivity index (χ2n) is 5.61. The normalized spacial score (nSPS) is 11.2. The van der Waals surface area contributed by atoms with Gasteiger partial charge in [-0.1, -0.05) is 23.4 Å². The number of benzene rings is 1. The molecule has 0 atom stereocenters. The molecule has 0 unspecified atom stereocenters. The number of hydrazone groups is 1. The Labute approximate surface area is 170 Å². The predicted molar refractivity (Wildman–Crippen MR) is 112 cm³/mol. The van der Waals surface area contributed by atoms with Crippen molar-refractivity contribution in [2.75, 3.05) is 5.75 Å². The Morgan fingerprint density at radius 2 is 2.11 bits per heavy atom. The Morgan fingerprint density at radius 3 is 2.78 bits per heavy atom. The second-order valence-corrected chi connectivity index (χ2v) is 7.93. The van der Waals surface area contributed by atoms with E-state index in [0.717, 1.165) is 21.8 Å². The highest BCUT2D eigenvalue weighted by Gasteiger charge is 2.14. The smallest absolute Gasteiger partial charge is 0.250 e. The van der Waals surface area contributed by atoms with E-state index in [1.165, 1.54) is 11.8 Å². The van der Waals surface area contributed by atoms with Crippen LogP contribution in [0.1, 0.15) is 17.4 Å². The summed E-state index contributed by atoms with van der Waals surface area (Å²) in [5.41, 5.74) is 4.61. The lowest BCUT2D eigenvalue weighted by Crippen LogP contribution is -2.20. The van der Waals surface area contributed by atoms with Gasteiger partial charge >= 0.3 is 0 Å². The molecule has 0 radical (unpaired) electrons. The molecular formula is C18H18ClN5OS2. The number of rotatable bonds is 7. The van der Waals surface area contributed by atoms with Crippen molar-refractivity contribution in [2.45, 2.75) is 25.5 Å². The van der Waals surface area contributed by atoms with Crippen LogP contribution in [0, 0.1) is 6.92 Å². The van der Waals surface area contributed by atoms with Crippen LogP contribution in [0.4, 0.5) is 0 Å². The van der Waals surface area contributed by atoms with Gasteiger partial charge in [-0.2, -0.15) is 5.10 Å². The maximum atomic E-state index is 12.0. The van der Waals surface area contributed by atoms with Gasteiger partial charge in [0.15, 0.2) is 11.0 Å². The Kier molecular flexibility index (Phi) is 6.65. The molecule has 0 saturated heterocycles. The van der Waals surface area contributed by atoms with Gasteiger partial charge in [0.25, 0.3) is 5.91 Å². The molecule has 6 nitrogen and oxygen atoms in total. The zero-order valence-corrected chi connectivity index (χ0v) is 17.2. The molecule has 9 heteroatoms. The maximum absolute atomic E-state index is 12.0. The van der Waals surface area contributed by atoms with E-state index in [1.807, 2.05) is 54.1 Å². The molecule has 2 aromatic heterocycles. The summed E-state index contributed by atoms with van der Waals surface area (Å²) >= 11 is 8.85. The fourth-order valence-corrected chi connectivity index (χ4v) is 4.04. The number of nitrogens with zero attached hydrogens (tertiary/aromatic N) is 4. The molecule has 0 aliphatic carbocycles. The molecule has 3 aromatic rings. The first-order chi connectivity index (χ1) is 13.1. The third kappa shape index (κ3) is 4.97. The van der Waals surface area contributed by atoms with Crippen molar-refractivity contribution in [3.05, 3.63) is 51.2 Å². The van der Waals surface area contributed by atoms with Crippen molar-refractivity contribution in [3.63, 3.8) is 0 Å². The summed E-state index contributed by atoms with van der Waals surface area (Å²) < 4.78 is 1.97. The van der Waals surface area contributed by atoms with E-state index in [1.54, 1.807) is 17.6 Å². The van der Waals surface area contributed by atoms with E-state index >= 15 is 0 Å². The third-order valence-electron chi connectivity index (χ3n) is 3.74. The van der Waals surface area contributed by atoms with Crippen LogP contribution >= 0.6 is 34.7 Å². The van der Waals surface area contributed by atoms with Crippen molar-refractivity contribution < 1.29 is 4.79 Å². The molecular weight excluding hydrogens is 402 g/mol. The molecule has 1 amide bonds. The molecule has 0 saturated carbocycles. The van der Waals surface area contributed by atoms with Crippen molar-refractivity contribution in [2.24, 2.45) is 5.10 Å². The predicted octanol–water partition coefficient (Wildman–Crippen LogP) is 4.23. The highest BCUT2D eigenvalue weighted by Crippen LogP contribution is 2.25. The van der Waals surface area contributed by atoms with Crippen LogP contribution < -0.4 is 5.43 Å². The summed E-state index contributed by atoms with van der Waals surface area (Å²) in [7, 11) is 0. The Morgan fingerprint density at radius 1 is 1.33 bits per heavy atom. The number of aryl methyl sites for hydroxylation is 1. The van der Waals surface area contributed by atoms with Gasteiger partial charge < -0.3 is 4.57 Å². The molecule has 0 spiro atoms. The summed E-state index contributed by atoms with van der Waals surface area (Å²) in [6.07, 6.45) is 1.66. The van der Waals surface area contributed by atoms with E-state index in [4.69, 9.17) is 11.6 Å². The van der Waals surface area contributed by atoms with Crippen molar-refractivity contribution >= 4 is 46.8 Å². The highest BCUT2D eigenvalue weighted by atomic mass is 35.5. The number of thiophene rings is 1. The standard InChI is InChI=1S/C18H18ClN5OS2/c1-3-24-17(13-4-6-14(19)7-5-13)22-23-18(24)27-11-16(25)21-20-10-15-12(2)8-9-26-15/h4-10H,3,11H2,1-2H3,(H,21,25). The second kappa shape index (κ2) is 9.16. The van der Waals surface area contributed by atoms with E-state index in [-0.39, 0.29) is 11.7 Å². The van der Waals surface area contributed by atoms with Crippen LogP contribution in [-0.2, 0) is 11.3 Å². The van der Waals surface area contributed by atoms with Crippen molar-refractivity contribution in [3.8, 4) is 11.4 Å². The van der Waals surface area contributed by atoms with Crippen LogP contribution in [0.5, 0.6) is 0 Å². The van der Waals surface area contributed by atoms with Crippen LogP contribution in [0.15, 0.2) is 46.0 Å². The number of halogens is 1. The van der Waals surface area contributed by atoms with E-state index in [0.29, 0.717) is 16.7 Å². The zero-order valence-electron chi connectivity index (χ0n) is 14.8. The zero-order chi connectivity index (χ0) is 19.2. The molecule has 1 N–H and O–H groups in total. The SMILES string of the molecule is CCn1c(SCC(=O)NN=Cc2sccc2C)nnc1-c1ccc(Cl)cc1. The number of carbonyl (C=O) groups is 1. The summed E-state index contributed by atoms with van der Waals surface area (Å²) in [6.45, 7) is 4.72. The fourth-order valence-electron chi connectivity index (χ4n) is 2.34. The summed E-state index contributed by atoms with van der Waals surface area (Å²) in [4.78, 5) is 13.1. The lowest BCUT2D eigenvalue weighted by atomic mass is 10.2. The number of hydrogen-bond acceptors (Lipinski definition) is 6. The molecule has 3 rings (SSSR count). The highest BCUT2D eigenvalue weighted by molar-refractivity contribution is 7.99. The molecule has 0 aliphatic heterocycles. The van der Waals surface area contributed by atoms with Gasteiger partial charge in [0.05, 0.1) is 12.0 Å². The Hall–Kier alpha value is -2.16. The van der Waals surface area contributed by atoms with Gasteiger partial charge in [-0.3, -0.25) is 4.79 Å². The fraction of sp³-hybridized carbons (Fsp3) is 0.222. The first-order valence-corrected chi connectivity index (χ1v) is 10.5. The number of amides is 1. The van der Waals surface area contributed by atoms with Gasteiger partial charge in [0, 0.05) is 22.0 Å². The van der Waals surface area contributed by atoms with E-state index in [2.05, 4.69) is 20.7 Å². The molecule has 140 valence electrons. The quantitative estimate of drug-likeness (QED) is 0.353. The number of carbonyl (C=O) groups excluding carboxylic acids is 1. The van der Waals surface area contributed by atoms with E-state index in [9.17, 15) is 4.79 Å². The largest absolute Gasteiger partial charge is 0.302 e. The lowest BCUT2D eigenvalue weighted by molar-refractivity contribution is -0.118. The summed E-state index contributed by atoms with van der Waals surface area (Å²) in [5.74, 6) is 0.770. The van der Waals surface area contributed by atoms with Crippen LogP contribution in [0.2, 0.25) is 5.02 Å². The minimum absolute atomic E-state index is 0.191.